The van der Waals surface area contributed by atoms with E-state index in [0.717, 1.165) is 16.8 Å². The lowest BCUT2D eigenvalue weighted by Crippen LogP contribution is -2.23. The van der Waals surface area contributed by atoms with Gasteiger partial charge >= 0.3 is 0 Å². The minimum Gasteiger partial charge on any atom is -0.347 e. The molecular weight excluding hydrogens is 233 g/mol. The maximum absolute atomic E-state index is 12.7. The third kappa shape index (κ3) is 2.56. The van der Waals surface area contributed by atoms with Gasteiger partial charge in [-0.3, -0.25) is 9.89 Å². The fourth-order valence-electron chi connectivity index (χ4n) is 1.57. The molecule has 1 heterocycles. The molecule has 18 heavy (non-hydrogen) atoms. The van der Waals surface area contributed by atoms with Crippen LogP contribution in [0.2, 0.25) is 0 Å². The third-order valence-corrected chi connectivity index (χ3v) is 2.83. The second-order valence-electron chi connectivity index (χ2n) is 4.13. The van der Waals surface area contributed by atoms with E-state index in [1.165, 1.54) is 12.1 Å². The first-order chi connectivity index (χ1) is 8.58. The van der Waals surface area contributed by atoms with Gasteiger partial charge in [0, 0.05) is 17.8 Å². The Balaban J connectivity index is 2.00. The van der Waals surface area contributed by atoms with E-state index >= 15 is 0 Å². The summed E-state index contributed by atoms with van der Waals surface area (Å²) in [5.74, 6) is -0.523. The molecule has 0 unspecified atom stereocenters. The van der Waals surface area contributed by atoms with Crippen molar-refractivity contribution in [2.24, 2.45) is 0 Å². The smallest absolute Gasteiger partial charge is 0.272 e. The van der Waals surface area contributed by atoms with Crippen molar-refractivity contribution >= 4 is 5.91 Å². The van der Waals surface area contributed by atoms with Crippen molar-refractivity contribution in [3.63, 3.8) is 0 Å². The number of H-pyrrole nitrogens is 1. The predicted octanol–water partition coefficient (Wildman–Crippen LogP) is 2.10. The second kappa shape index (κ2) is 5.00. The molecule has 0 spiro atoms. The number of rotatable bonds is 3. The fraction of sp³-hybridized carbons (Fsp3) is 0.231. The number of hydrogen-bond donors (Lipinski definition) is 2. The number of nitrogens with one attached hydrogen (secondary N) is 2. The largest absolute Gasteiger partial charge is 0.347 e. The number of aromatic amines is 1. The first-order valence-corrected chi connectivity index (χ1v) is 5.62. The average molecular weight is 247 g/mol. The van der Waals surface area contributed by atoms with Crippen LogP contribution in [0.25, 0.3) is 0 Å². The molecule has 1 aromatic carbocycles. The van der Waals surface area contributed by atoms with Gasteiger partial charge in [-0.15, -0.1) is 0 Å². The van der Waals surface area contributed by atoms with Gasteiger partial charge in [-0.1, -0.05) is 12.1 Å². The number of hydrogen-bond acceptors (Lipinski definition) is 2. The lowest BCUT2D eigenvalue weighted by Gasteiger charge is -2.04. The maximum atomic E-state index is 12.7. The van der Waals surface area contributed by atoms with Crippen LogP contribution < -0.4 is 5.32 Å². The molecule has 5 heteroatoms. The Bertz CT molecular complexity index is 560. The molecule has 0 radical (unpaired) electrons. The first kappa shape index (κ1) is 12.3. The Morgan fingerprint density at radius 3 is 2.56 bits per heavy atom. The Morgan fingerprint density at radius 1 is 1.33 bits per heavy atom. The summed E-state index contributed by atoms with van der Waals surface area (Å²) in [6.07, 6.45) is 0. The van der Waals surface area contributed by atoms with Crippen molar-refractivity contribution in [3.05, 3.63) is 52.6 Å². The number of aryl methyl sites for hydroxylation is 1. The fourth-order valence-corrected chi connectivity index (χ4v) is 1.57. The van der Waals surface area contributed by atoms with Gasteiger partial charge in [-0.2, -0.15) is 5.10 Å². The molecule has 0 aliphatic heterocycles. The van der Waals surface area contributed by atoms with Crippen LogP contribution in [0.1, 0.15) is 27.3 Å². The summed E-state index contributed by atoms with van der Waals surface area (Å²) in [5.41, 5.74) is 2.96. The summed E-state index contributed by atoms with van der Waals surface area (Å²) in [6, 6.07) is 6.01. The molecule has 0 aliphatic rings. The molecular formula is C13H14FN3O. The zero-order valence-corrected chi connectivity index (χ0v) is 10.2. The Hall–Kier alpha value is -2.17. The molecule has 1 amide bonds. The highest BCUT2D eigenvalue weighted by Gasteiger charge is 2.13. The number of aromatic nitrogens is 2. The van der Waals surface area contributed by atoms with Crippen LogP contribution in [0.15, 0.2) is 24.3 Å². The average Bonchev–Trinajstić information content (AvgIpc) is 2.69. The summed E-state index contributed by atoms with van der Waals surface area (Å²) < 4.78 is 12.7. The number of nitrogens with zero attached hydrogens (tertiary/aromatic N) is 1. The van der Waals surface area contributed by atoms with E-state index in [-0.39, 0.29) is 11.7 Å². The van der Waals surface area contributed by atoms with Crippen LogP contribution in [0, 0.1) is 19.7 Å². The number of benzene rings is 1. The lowest BCUT2D eigenvalue weighted by atomic mass is 10.2. The van der Waals surface area contributed by atoms with Gasteiger partial charge in [0.2, 0.25) is 0 Å². The van der Waals surface area contributed by atoms with E-state index in [4.69, 9.17) is 0 Å². The van der Waals surface area contributed by atoms with E-state index in [1.54, 1.807) is 12.1 Å². The van der Waals surface area contributed by atoms with Crippen molar-refractivity contribution in [2.45, 2.75) is 20.4 Å². The number of halogens is 1. The van der Waals surface area contributed by atoms with Crippen molar-refractivity contribution < 1.29 is 9.18 Å². The summed E-state index contributed by atoms with van der Waals surface area (Å²) in [5, 5.41) is 9.45. The summed E-state index contributed by atoms with van der Waals surface area (Å²) in [4.78, 5) is 11.9. The molecule has 94 valence electrons. The van der Waals surface area contributed by atoms with Gasteiger partial charge in [-0.25, -0.2) is 4.39 Å². The van der Waals surface area contributed by atoms with Gasteiger partial charge in [0.05, 0.1) is 0 Å². The quantitative estimate of drug-likeness (QED) is 0.872. The van der Waals surface area contributed by atoms with Crippen molar-refractivity contribution in [1.82, 2.24) is 15.5 Å². The maximum Gasteiger partial charge on any atom is 0.272 e. The van der Waals surface area contributed by atoms with Gasteiger partial charge in [-0.05, 0) is 31.5 Å². The molecule has 2 aromatic rings. The predicted molar refractivity (Wildman–Crippen MR) is 65.6 cm³/mol. The number of amides is 1. The van der Waals surface area contributed by atoms with Crippen LogP contribution in [0.3, 0.4) is 0 Å². The SMILES string of the molecule is Cc1[nH]nc(C(=O)NCc2ccc(F)cc2)c1C. The molecule has 2 N–H and O–H groups in total. The minimum absolute atomic E-state index is 0.235. The van der Waals surface area contributed by atoms with E-state index in [2.05, 4.69) is 15.5 Å². The molecule has 0 saturated carbocycles. The first-order valence-electron chi connectivity index (χ1n) is 5.62. The standard InChI is InChI=1S/C13H14FN3O/c1-8-9(2)16-17-12(8)13(18)15-7-10-3-5-11(14)6-4-10/h3-6H,7H2,1-2H3,(H,15,18)(H,16,17). The van der Waals surface area contributed by atoms with Crippen molar-refractivity contribution in [2.75, 3.05) is 0 Å². The van der Waals surface area contributed by atoms with E-state index in [1.807, 2.05) is 13.8 Å². The van der Waals surface area contributed by atoms with Crippen LogP contribution in [0.4, 0.5) is 4.39 Å². The Kier molecular flexibility index (Phi) is 3.41. The number of carbonyl (C=O) groups excluding carboxylic acids is 1. The Labute approximate surface area is 104 Å². The molecule has 0 bridgehead atoms. The van der Waals surface area contributed by atoms with Gasteiger partial charge < -0.3 is 5.32 Å². The Morgan fingerprint density at radius 2 is 2.00 bits per heavy atom. The molecule has 4 nitrogen and oxygen atoms in total. The highest BCUT2D eigenvalue weighted by Crippen LogP contribution is 2.08. The summed E-state index contributed by atoms with van der Waals surface area (Å²) >= 11 is 0. The minimum atomic E-state index is -0.288. The highest BCUT2D eigenvalue weighted by molar-refractivity contribution is 5.93. The summed E-state index contributed by atoms with van der Waals surface area (Å²) in [7, 11) is 0. The zero-order chi connectivity index (χ0) is 13.1. The molecule has 0 atom stereocenters. The van der Waals surface area contributed by atoms with Crippen molar-refractivity contribution in [3.8, 4) is 0 Å². The van der Waals surface area contributed by atoms with Gasteiger partial charge in [0.15, 0.2) is 5.69 Å². The highest BCUT2D eigenvalue weighted by atomic mass is 19.1. The van der Waals surface area contributed by atoms with E-state index in [9.17, 15) is 9.18 Å². The molecule has 2 rings (SSSR count). The topological polar surface area (TPSA) is 57.8 Å². The van der Waals surface area contributed by atoms with Crippen molar-refractivity contribution in [1.29, 1.82) is 0 Å². The van der Waals surface area contributed by atoms with Crippen LogP contribution >= 0.6 is 0 Å². The third-order valence-electron chi connectivity index (χ3n) is 2.83. The van der Waals surface area contributed by atoms with E-state index < -0.39 is 0 Å². The zero-order valence-electron chi connectivity index (χ0n) is 10.2. The molecule has 0 aliphatic carbocycles. The molecule has 0 fully saturated rings. The van der Waals surface area contributed by atoms with E-state index in [0.29, 0.717) is 12.2 Å². The number of carbonyl (C=O) groups is 1. The molecule has 1 aromatic heterocycles. The van der Waals surface area contributed by atoms with Crippen LogP contribution in [-0.2, 0) is 6.54 Å². The normalized spacial score (nSPS) is 10.4. The lowest BCUT2D eigenvalue weighted by molar-refractivity contribution is 0.0945. The molecule has 0 saturated heterocycles. The van der Waals surface area contributed by atoms with Gasteiger partial charge in [0.25, 0.3) is 5.91 Å². The van der Waals surface area contributed by atoms with Crippen LogP contribution in [0.5, 0.6) is 0 Å². The van der Waals surface area contributed by atoms with Gasteiger partial charge in [0.1, 0.15) is 5.82 Å². The van der Waals surface area contributed by atoms with Crippen LogP contribution in [-0.4, -0.2) is 16.1 Å². The summed E-state index contributed by atoms with van der Waals surface area (Å²) in [6.45, 7) is 4.05. The monoisotopic (exact) mass is 247 g/mol. The second-order valence-corrected chi connectivity index (χ2v) is 4.13.